The maximum absolute atomic E-state index is 10.5. The van der Waals surface area contributed by atoms with Crippen LogP contribution in [-0.4, -0.2) is 52.3 Å². The number of nitrogens with one attached hydrogen (secondary N) is 1. The number of carbonyl (C=O) groups is 1. The van der Waals surface area contributed by atoms with Crippen LogP contribution in [-0.2, 0) is 9.53 Å². The third-order valence-electron chi connectivity index (χ3n) is 5.66. The molecule has 1 aliphatic heterocycles. The first-order valence-corrected chi connectivity index (χ1v) is 10.9. The second kappa shape index (κ2) is 10.6. The Morgan fingerprint density at radius 1 is 1.09 bits per heavy atom. The highest BCUT2D eigenvalue weighted by atomic mass is 35.5. The van der Waals surface area contributed by atoms with Crippen molar-refractivity contribution in [2.45, 2.75) is 37.0 Å². The van der Waals surface area contributed by atoms with Gasteiger partial charge in [0.1, 0.15) is 6.10 Å². The number of ether oxygens (including phenoxy) is 1. The van der Waals surface area contributed by atoms with Crippen molar-refractivity contribution >= 4 is 29.2 Å². The van der Waals surface area contributed by atoms with E-state index < -0.39 is 36.3 Å². The molecule has 32 heavy (non-hydrogen) atoms. The van der Waals surface area contributed by atoms with Gasteiger partial charge in [0.05, 0.1) is 16.7 Å². The second-order valence-corrected chi connectivity index (χ2v) is 8.40. The highest BCUT2D eigenvalue weighted by molar-refractivity contribution is 6.42. The summed E-state index contributed by atoms with van der Waals surface area (Å²) in [6.07, 6.45) is -0.514. The highest BCUT2D eigenvalue weighted by Gasteiger charge is 2.38. The molecule has 0 fully saturated rings. The van der Waals surface area contributed by atoms with Gasteiger partial charge in [-0.25, -0.2) is 4.79 Å². The van der Waals surface area contributed by atoms with Crippen LogP contribution in [0.2, 0.25) is 10.0 Å². The lowest BCUT2D eigenvalue weighted by atomic mass is 9.77. The van der Waals surface area contributed by atoms with Crippen LogP contribution in [0.1, 0.15) is 41.5 Å². The Balaban J connectivity index is 0.000000207. The molecule has 0 saturated heterocycles. The van der Waals surface area contributed by atoms with Crippen LogP contribution in [0.3, 0.4) is 0 Å². The van der Waals surface area contributed by atoms with Gasteiger partial charge in [-0.15, -0.1) is 0 Å². The number of aliphatic hydroxyl groups excluding tert-OH is 4. The van der Waals surface area contributed by atoms with E-state index in [4.69, 9.17) is 43.6 Å². The number of hydrogen-bond donors (Lipinski definition) is 5. The summed E-state index contributed by atoms with van der Waals surface area (Å²) >= 11 is 12.2. The third-order valence-corrected chi connectivity index (χ3v) is 6.40. The van der Waals surface area contributed by atoms with Gasteiger partial charge in [-0.05, 0) is 48.7 Å². The van der Waals surface area contributed by atoms with Crippen molar-refractivity contribution in [1.82, 2.24) is 5.32 Å². The van der Waals surface area contributed by atoms with Crippen LogP contribution < -0.4 is 5.32 Å². The van der Waals surface area contributed by atoms with Gasteiger partial charge >= 0.3 is 5.97 Å². The summed E-state index contributed by atoms with van der Waals surface area (Å²) in [7, 11) is 2.03. The predicted molar refractivity (Wildman–Crippen MR) is 121 cm³/mol. The van der Waals surface area contributed by atoms with E-state index in [0.717, 1.165) is 12.8 Å². The molecule has 0 amide bonds. The van der Waals surface area contributed by atoms with Gasteiger partial charge in [0.25, 0.3) is 0 Å². The molecule has 0 radical (unpaired) electrons. The van der Waals surface area contributed by atoms with E-state index in [1.807, 2.05) is 19.2 Å². The maximum atomic E-state index is 10.5. The average Bonchev–Trinajstić information content (AvgIpc) is 3.07. The van der Waals surface area contributed by atoms with E-state index >= 15 is 0 Å². The van der Waals surface area contributed by atoms with Crippen molar-refractivity contribution < 1.29 is 30.0 Å². The Hall–Kier alpha value is -2.29. The molecule has 2 aromatic carbocycles. The molecule has 4 rings (SSSR count). The minimum absolute atomic E-state index is 0.408. The third kappa shape index (κ3) is 5.03. The zero-order chi connectivity index (χ0) is 23.4. The summed E-state index contributed by atoms with van der Waals surface area (Å²) in [4.78, 5) is 10.5. The molecular weight excluding hydrogens is 457 g/mol. The topological polar surface area (TPSA) is 119 Å². The molecule has 5 N–H and O–H groups in total. The summed E-state index contributed by atoms with van der Waals surface area (Å²) in [5.74, 6) is -2.37. The van der Waals surface area contributed by atoms with Crippen LogP contribution in [0.5, 0.6) is 0 Å². The maximum Gasteiger partial charge on any atom is 0.377 e. The van der Waals surface area contributed by atoms with E-state index in [9.17, 15) is 4.79 Å². The number of benzene rings is 2. The van der Waals surface area contributed by atoms with Gasteiger partial charge in [-0.3, -0.25) is 0 Å². The molecule has 1 aliphatic carbocycles. The molecule has 1 heterocycles. The molecular formula is C23H25Cl2NO6. The normalized spacial score (nSPS) is 23.2. The van der Waals surface area contributed by atoms with Crippen LogP contribution in [0.4, 0.5) is 0 Å². The Kier molecular flexibility index (Phi) is 8.03. The fourth-order valence-corrected chi connectivity index (χ4v) is 4.29. The lowest BCUT2D eigenvalue weighted by molar-refractivity contribution is -0.147. The Morgan fingerprint density at radius 3 is 2.34 bits per heavy atom. The SMILES string of the molecule is CN[C@H]1CC[C@@H](c2ccc(Cl)c(Cl)c2)c2ccccc21.O=C1O[C@H]([C@@H](O)CO)C(O)=C1O. The minimum Gasteiger partial charge on any atom is -0.505 e. The summed E-state index contributed by atoms with van der Waals surface area (Å²) in [6, 6.07) is 15.1. The summed E-state index contributed by atoms with van der Waals surface area (Å²) in [5, 5.41) is 39.7. The number of esters is 1. The van der Waals surface area contributed by atoms with Crippen molar-refractivity contribution in [3.63, 3.8) is 0 Å². The van der Waals surface area contributed by atoms with Gasteiger partial charge in [0.15, 0.2) is 11.9 Å². The Morgan fingerprint density at radius 2 is 1.78 bits per heavy atom. The summed E-state index contributed by atoms with van der Waals surface area (Å²) < 4.78 is 4.32. The van der Waals surface area contributed by atoms with Gasteiger partial charge in [0.2, 0.25) is 5.76 Å². The van der Waals surface area contributed by atoms with Crippen molar-refractivity contribution in [3.8, 4) is 0 Å². The van der Waals surface area contributed by atoms with Crippen LogP contribution in [0.15, 0.2) is 54.0 Å². The largest absolute Gasteiger partial charge is 0.505 e. The van der Waals surface area contributed by atoms with Crippen LogP contribution in [0, 0.1) is 0 Å². The van der Waals surface area contributed by atoms with Crippen LogP contribution >= 0.6 is 23.2 Å². The minimum atomic E-state index is -1.42. The van der Waals surface area contributed by atoms with E-state index in [1.165, 1.54) is 16.7 Å². The lowest BCUT2D eigenvalue weighted by Gasteiger charge is -2.32. The van der Waals surface area contributed by atoms with E-state index in [0.29, 0.717) is 22.0 Å². The molecule has 9 heteroatoms. The van der Waals surface area contributed by atoms with E-state index in [-0.39, 0.29) is 0 Å². The molecule has 0 aromatic heterocycles. The Bertz CT molecular complexity index is 1010. The number of fused-ring (bicyclic) bond motifs is 1. The number of rotatable bonds is 4. The average molecular weight is 482 g/mol. The molecule has 0 unspecified atom stereocenters. The summed E-state index contributed by atoms with van der Waals surface area (Å²) in [6.45, 7) is -0.671. The molecule has 2 aliphatic rings. The first kappa shape index (κ1) is 24.4. The smallest absolute Gasteiger partial charge is 0.377 e. The van der Waals surface area contributed by atoms with Crippen molar-refractivity contribution in [3.05, 3.63) is 80.7 Å². The number of aliphatic hydroxyl groups is 4. The number of hydrogen-bond acceptors (Lipinski definition) is 7. The molecule has 0 spiro atoms. The van der Waals surface area contributed by atoms with Crippen molar-refractivity contribution in [1.29, 1.82) is 0 Å². The number of halogens is 2. The predicted octanol–water partition coefficient (Wildman–Crippen LogP) is 3.77. The number of carbonyl (C=O) groups excluding carboxylic acids is 1. The summed E-state index contributed by atoms with van der Waals surface area (Å²) in [5.41, 5.74) is 4.05. The van der Waals surface area contributed by atoms with Gasteiger partial charge < -0.3 is 30.5 Å². The van der Waals surface area contributed by atoms with E-state index in [1.54, 1.807) is 0 Å². The van der Waals surface area contributed by atoms with Crippen LogP contribution in [0.25, 0.3) is 0 Å². The molecule has 0 saturated carbocycles. The van der Waals surface area contributed by atoms with Gasteiger partial charge in [-0.1, -0.05) is 53.5 Å². The fraction of sp³-hybridized carbons (Fsp3) is 0.348. The quantitative estimate of drug-likeness (QED) is 0.421. The van der Waals surface area contributed by atoms with Gasteiger partial charge in [0, 0.05) is 12.0 Å². The zero-order valence-electron chi connectivity index (χ0n) is 17.3. The van der Waals surface area contributed by atoms with Gasteiger partial charge in [-0.2, -0.15) is 0 Å². The first-order chi connectivity index (χ1) is 15.3. The molecule has 7 nitrogen and oxygen atoms in total. The highest BCUT2D eigenvalue weighted by Crippen LogP contribution is 2.42. The molecule has 172 valence electrons. The number of cyclic esters (lactones) is 1. The van der Waals surface area contributed by atoms with Crippen molar-refractivity contribution in [2.24, 2.45) is 0 Å². The second-order valence-electron chi connectivity index (χ2n) is 7.58. The monoisotopic (exact) mass is 481 g/mol. The van der Waals surface area contributed by atoms with E-state index in [2.05, 4.69) is 40.4 Å². The lowest BCUT2D eigenvalue weighted by Crippen LogP contribution is -2.31. The Labute approximate surface area is 195 Å². The zero-order valence-corrected chi connectivity index (χ0v) is 18.8. The molecule has 2 aromatic rings. The van der Waals surface area contributed by atoms with Crippen molar-refractivity contribution in [2.75, 3.05) is 13.7 Å². The fourth-order valence-electron chi connectivity index (χ4n) is 3.99. The molecule has 0 bridgehead atoms. The standard InChI is InChI=1S/C17H17Cl2N.C6H8O6/c1-20-17-9-7-12(13-4-2-3-5-14(13)17)11-6-8-15(18)16(19)10-11;7-1-2(8)5-3(9)4(10)6(11)12-5/h2-6,8,10,12,17,20H,7,9H2,1H3;2,5,7-10H,1H2/t12-,17-;2-,5+/m00/s1. The molecule has 4 atom stereocenters. The first-order valence-electron chi connectivity index (χ1n) is 10.1.